The van der Waals surface area contributed by atoms with Crippen LogP contribution in [0.4, 0.5) is 10.5 Å². The molecule has 0 aliphatic heterocycles. The van der Waals surface area contributed by atoms with Crippen LogP contribution in [0.3, 0.4) is 0 Å². The Bertz CT molecular complexity index is 670. The van der Waals surface area contributed by atoms with Crippen LogP contribution in [-0.2, 0) is 4.74 Å². The maximum Gasteiger partial charge on any atom is 0.513 e. The highest BCUT2D eigenvalue weighted by Gasteiger charge is 2.10. The summed E-state index contributed by atoms with van der Waals surface area (Å²) in [6.45, 7) is 1.93. The van der Waals surface area contributed by atoms with Gasteiger partial charge in [-0.05, 0) is 43.3 Å². The highest BCUT2D eigenvalue weighted by molar-refractivity contribution is 6.34. The topological polar surface area (TPSA) is 64.6 Å². The molecule has 0 spiro atoms. The molecule has 0 aliphatic carbocycles. The first kappa shape index (κ1) is 15.9. The first-order valence-electron chi connectivity index (χ1n) is 6.60. The molecule has 0 saturated carbocycles. The van der Waals surface area contributed by atoms with E-state index in [0.717, 1.165) is 0 Å². The summed E-state index contributed by atoms with van der Waals surface area (Å²) in [6, 6.07) is 13.1. The van der Waals surface area contributed by atoms with Gasteiger partial charge in [-0.15, -0.1) is 0 Å². The Morgan fingerprint density at radius 3 is 2.41 bits per heavy atom. The van der Waals surface area contributed by atoms with E-state index >= 15 is 0 Å². The molecule has 0 aromatic heterocycles. The van der Waals surface area contributed by atoms with Gasteiger partial charge in [0.1, 0.15) is 5.75 Å². The molecule has 0 unspecified atom stereocenters. The summed E-state index contributed by atoms with van der Waals surface area (Å²) < 4.78 is 9.59. The lowest BCUT2D eigenvalue weighted by Gasteiger charge is -2.08. The van der Waals surface area contributed by atoms with Crippen molar-refractivity contribution >= 4 is 29.4 Å². The predicted octanol–water partition coefficient (Wildman–Crippen LogP) is 4.13. The number of benzene rings is 2. The molecule has 2 aromatic carbocycles. The molecule has 0 bridgehead atoms. The fourth-order valence-corrected chi connectivity index (χ4v) is 1.92. The summed E-state index contributed by atoms with van der Waals surface area (Å²) in [5, 5.41) is 3.09. The van der Waals surface area contributed by atoms with Crippen LogP contribution in [0.25, 0.3) is 0 Å². The minimum absolute atomic E-state index is 0.241. The maximum absolute atomic E-state index is 12.1. The van der Waals surface area contributed by atoms with Gasteiger partial charge in [-0.25, -0.2) is 4.79 Å². The van der Waals surface area contributed by atoms with Gasteiger partial charge in [-0.3, -0.25) is 4.79 Å². The lowest BCUT2D eigenvalue weighted by atomic mass is 10.2. The van der Waals surface area contributed by atoms with Gasteiger partial charge < -0.3 is 14.8 Å². The summed E-state index contributed by atoms with van der Waals surface area (Å²) in [5.41, 5.74) is 0.942. The monoisotopic (exact) mass is 319 g/mol. The minimum atomic E-state index is -0.768. The Labute approximate surface area is 132 Å². The molecular weight excluding hydrogens is 306 g/mol. The van der Waals surface area contributed by atoms with E-state index in [9.17, 15) is 9.59 Å². The number of hydrogen-bond acceptors (Lipinski definition) is 4. The van der Waals surface area contributed by atoms with Crippen LogP contribution in [0.2, 0.25) is 5.02 Å². The van der Waals surface area contributed by atoms with Crippen LogP contribution in [0.15, 0.2) is 48.5 Å². The van der Waals surface area contributed by atoms with Crippen LogP contribution in [-0.4, -0.2) is 18.7 Å². The van der Waals surface area contributed by atoms with E-state index in [0.29, 0.717) is 22.0 Å². The van der Waals surface area contributed by atoms with Crippen molar-refractivity contribution in [2.24, 2.45) is 0 Å². The van der Waals surface area contributed by atoms with Crippen molar-refractivity contribution in [3.05, 3.63) is 59.1 Å². The molecule has 1 N–H and O–H groups in total. The molecule has 0 radical (unpaired) electrons. The molecule has 0 atom stereocenters. The van der Waals surface area contributed by atoms with E-state index in [1.165, 1.54) is 0 Å². The number of ether oxygens (including phenoxy) is 2. The zero-order valence-corrected chi connectivity index (χ0v) is 12.6. The second-order valence-electron chi connectivity index (χ2n) is 4.24. The molecule has 5 nitrogen and oxygen atoms in total. The van der Waals surface area contributed by atoms with E-state index in [1.54, 1.807) is 55.5 Å². The number of anilines is 1. The van der Waals surface area contributed by atoms with E-state index in [-0.39, 0.29) is 12.5 Å². The lowest BCUT2D eigenvalue weighted by Crippen LogP contribution is -2.12. The van der Waals surface area contributed by atoms with E-state index in [1.807, 2.05) is 0 Å². The molecule has 6 heteroatoms. The lowest BCUT2D eigenvalue weighted by molar-refractivity contribution is 0.102. The number of hydrogen-bond donors (Lipinski definition) is 1. The zero-order valence-electron chi connectivity index (χ0n) is 11.8. The van der Waals surface area contributed by atoms with Crippen molar-refractivity contribution in [3.8, 4) is 5.75 Å². The molecule has 1 amide bonds. The first-order chi connectivity index (χ1) is 10.6. The van der Waals surface area contributed by atoms with Gasteiger partial charge in [0.2, 0.25) is 0 Å². The van der Waals surface area contributed by atoms with Crippen molar-refractivity contribution in [1.29, 1.82) is 0 Å². The van der Waals surface area contributed by atoms with Crippen molar-refractivity contribution in [2.45, 2.75) is 6.92 Å². The summed E-state index contributed by atoms with van der Waals surface area (Å²) in [7, 11) is 0. The average molecular weight is 320 g/mol. The van der Waals surface area contributed by atoms with Gasteiger partial charge in [0, 0.05) is 5.69 Å². The Hall–Kier alpha value is -2.53. The summed E-state index contributed by atoms with van der Waals surface area (Å²) in [6.07, 6.45) is -0.768. The average Bonchev–Trinajstić information content (AvgIpc) is 2.50. The number of carbonyl (C=O) groups is 2. The molecule has 0 fully saturated rings. The fraction of sp³-hybridized carbons (Fsp3) is 0.125. The normalized spacial score (nSPS) is 9.91. The number of halogens is 1. The third-order valence-corrected chi connectivity index (χ3v) is 3.02. The second-order valence-corrected chi connectivity index (χ2v) is 4.65. The third kappa shape index (κ3) is 4.23. The predicted molar refractivity (Wildman–Crippen MR) is 83.5 cm³/mol. The number of rotatable bonds is 4. The maximum atomic E-state index is 12.1. The molecule has 2 aromatic rings. The number of amides is 1. The third-order valence-electron chi connectivity index (χ3n) is 2.69. The van der Waals surface area contributed by atoms with Gasteiger partial charge >= 0.3 is 6.16 Å². The molecule has 2 rings (SSSR count). The fourth-order valence-electron chi connectivity index (χ4n) is 1.69. The van der Waals surface area contributed by atoms with Crippen molar-refractivity contribution in [3.63, 3.8) is 0 Å². The molecule has 0 aliphatic rings. The quantitative estimate of drug-likeness (QED) is 0.680. The van der Waals surface area contributed by atoms with Crippen LogP contribution in [0.5, 0.6) is 5.75 Å². The standard InChI is InChI=1S/C16H14ClNO4/c1-2-21-16(20)22-12-9-7-11(8-10-12)18-15(19)13-5-3-4-6-14(13)17/h3-10H,2H2,1H3,(H,18,19). The number of carbonyl (C=O) groups excluding carboxylic acids is 2. The van der Waals surface area contributed by atoms with Gasteiger partial charge in [0.25, 0.3) is 5.91 Å². The van der Waals surface area contributed by atoms with Crippen LogP contribution in [0.1, 0.15) is 17.3 Å². The molecule has 0 saturated heterocycles. The summed E-state index contributed by atoms with van der Waals surface area (Å²) in [5.74, 6) is 0.0128. The molecule has 114 valence electrons. The van der Waals surface area contributed by atoms with Crippen LogP contribution >= 0.6 is 11.6 Å². The molecule has 0 heterocycles. The SMILES string of the molecule is CCOC(=O)Oc1ccc(NC(=O)c2ccccc2Cl)cc1. The summed E-state index contributed by atoms with van der Waals surface area (Å²) >= 11 is 5.97. The number of nitrogens with one attached hydrogen (secondary N) is 1. The second kappa shape index (κ2) is 7.47. The van der Waals surface area contributed by atoms with Crippen molar-refractivity contribution in [1.82, 2.24) is 0 Å². The van der Waals surface area contributed by atoms with Gasteiger partial charge in [-0.1, -0.05) is 23.7 Å². The van der Waals surface area contributed by atoms with Crippen LogP contribution in [0, 0.1) is 0 Å². The van der Waals surface area contributed by atoms with Crippen molar-refractivity contribution in [2.75, 3.05) is 11.9 Å². The van der Waals surface area contributed by atoms with E-state index < -0.39 is 6.16 Å². The van der Waals surface area contributed by atoms with Crippen molar-refractivity contribution < 1.29 is 19.1 Å². The first-order valence-corrected chi connectivity index (χ1v) is 6.98. The van der Waals surface area contributed by atoms with Gasteiger partial charge in [0.15, 0.2) is 0 Å². The zero-order chi connectivity index (χ0) is 15.9. The Kier molecular flexibility index (Phi) is 5.38. The van der Waals surface area contributed by atoms with Gasteiger partial charge in [-0.2, -0.15) is 0 Å². The van der Waals surface area contributed by atoms with E-state index in [2.05, 4.69) is 10.1 Å². The minimum Gasteiger partial charge on any atom is -0.434 e. The Morgan fingerprint density at radius 1 is 1.09 bits per heavy atom. The highest BCUT2D eigenvalue weighted by atomic mass is 35.5. The molecule has 22 heavy (non-hydrogen) atoms. The smallest absolute Gasteiger partial charge is 0.434 e. The molecular formula is C16H14ClNO4. The van der Waals surface area contributed by atoms with Gasteiger partial charge in [0.05, 0.1) is 17.2 Å². The van der Waals surface area contributed by atoms with Crippen LogP contribution < -0.4 is 10.1 Å². The summed E-state index contributed by atoms with van der Waals surface area (Å²) in [4.78, 5) is 23.3. The Balaban J connectivity index is 2.01. The van der Waals surface area contributed by atoms with E-state index in [4.69, 9.17) is 16.3 Å². The Morgan fingerprint density at radius 2 is 1.77 bits per heavy atom. The largest absolute Gasteiger partial charge is 0.513 e. The highest BCUT2D eigenvalue weighted by Crippen LogP contribution is 2.19.